The second-order valence-corrected chi connectivity index (χ2v) is 6.95. The van der Waals surface area contributed by atoms with Crippen molar-refractivity contribution in [3.05, 3.63) is 36.0 Å². The Bertz CT molecular complexity index is 800. The third-order valence-electron chi connectivity index (χ3n) is 4.60. The van der Waals surface area contributed by atoms with E-state index in [9.17, 15) is 4.79 Å². The van der Waals surface area contributed by atoms with E-state index >= 15 is 0 Å². The minimum atomic E-state index is -0.168. The van der Waals surface area contributed by atoms with Gasteiger partial charge in [0.1, 0.15) is 5.82 Å². The second kappa shape index (κ2) is 7.89. The zero-order chi connectivity index (χ0) is 18.6. The van der Waals surface area contributed by atoms with E-state index in [1.807, 2.05) is 30.3 Å². The van der Waals surface area contributed by atoms with Gasteiger partial charge < -0.3 is 21.1 Å². The molecule has 2 heterocycles. The lowest BCUT2D eigenvalue weighted by Gasteiger charge is -2.26. The summed E-state index contributed by atoms with van der Waals surface area (Å²) in [5, 5.41) is 5.73. The molecule has 0 radical (unpaired) electrons. The summed E-state index contributed by atoms with van der Waals surface area (Å²) < 4.78 is 5.38. The Morgan fingerprint density at radius 3 is 2.63 bits per heavy atom. The maximum absolute atomic E-state index is 11.8. The molecule has 2 aliphatic rings. The number of urea groups is 1. The molecule has 2 amide bonds. The summed E-state index contributed by atoms with van der Waals surface area (Å²) in [7, 11) is 0. The van der Waals surface area contributed by atoms with Crippen molar-refractivity contribution >= 4 is 17.5 Å². The van der Waals surface area contributed by atoms with Gasteiger partial charge in [-0.3, -0.25) is 4.90 Å². The normalized spacial score (nSPS) is 17.5. The van der Waals surface area contributed by atoms with Crippen molar-refractivity contribution in [1.29, 1.82) is 0 Å². The number of rotatable bonds is 5. The first-order valence-electron chi connectivity index (χ1n) is 9.27. The van der Waals surface area contributed by atoms with Gasteiger partial charge in [-0.15, -0.1) is 0 Å². The highest BCUT2D eigenvalue weighted by atomic mass is 16.5. The monoisotopic (exact) mass is 368 g/mol. The molecule has 0 spiro atoms. The highest BCUT2D eigenvalue weighted by molar-refractivity contribution is 5.89. The van der Waals surface area contributed by atoms with E-state index in [4.69, 9.17) is 10.5 Å². The summed E-state index contributed by atoms with van der Waals surface area (Å²) in [6, 6.07) is 9.44. The van der Waals surface area contributed by atoms with E-state index in [0.717, 1.165) is 62.6 Å². The number of nitrogens with one attached hydrogen (secondary N) is 2. The molecule has 1 aliphatic heterocycles. The topological polar surface area (TPSA) is 105 Å². The minimum absolute atomic E-state index is 0.168. The summed E-state index contributed by atoms with van der Waals surface area (Å²) in [5.74, 6) is 1.04. The number of nitrogens with zero attached hydrogens (tertiary/aromatic N) is 3. The fourth-order valence-corrected chi connectivity index (χ4v) is 3.00. The van der Waals surface area contributed by atoms with E-state index in [0.29, 0.717) is 17.7 Å². The lowest BCUT2D eigenvalue weighted by Crippen LogP contribution is -2.35. The van der Waals surface area contributed by atoms with Gasteiger partial charge in [0.15, 0.2) is 5.82 Å². The number of morpholine rings is 1. The number of carbonyl (C=O) groups is 1. The number of nitrogens with two attached hydrogens (primary N) is 1. The zero-order valence-corrected chi connectivity index (χ0v) is 15.1. The average Bonchev–Trinajstić information content (AvgIpc) is 3.46. The van der Waals surface area contributed by atoms with E-state index in [2.05, 4.69) is 25.5 Å². The summed E-state index contributed by atoms with van der Waals surface area (Å²) in [5.41, 5.74) is 8.47. The van der Waals surface area contributed by atoms with Crippen molar-refractivity contribution in [1.82, 2.24) is 20.2 Å². The molecule has 4 rings (SSSR count). The molecule has 1 aromatic heterocycles. The van der Waals surface area contributed by atoms with Crippen molar-refractivity contribution < 1.29 is 9.53 Å². The number of ether oxygens (including phenoxy) is 1. The SMILES string of the molecule is Nc1cc(CN2CCOCC2)nc(-c2ccc(NC(=O)NC3CC3)cc2)n1. The van der Waals surface area contributed by atoms with Crippen molar-refractivity contribution in [2.75, 3.05) is 37.4 Å². The van der Waals surface area contributed by atoms with Gasteiger partial charge in [-0.05, 0) is 37.1 Å². The van der Waals surface area contributed by atoms with Crippen LogP contribution in [0.2, 0.25) is 0 Å². The molecule has 27 heavy (non-hydrogen) atoms. The van der Waals surface area contributed by atoms with Crippen LogP contribution in [0.4, 0.5) is 16.3 Å². The van der Waals surface area contributed by atoms with Crippen molar-refractivity contribution in [2.24, 2.45) is 0 Å². The Hall–Kier alpha value is -2.71. The fourth-order valence-electron chi connectivity index (χ4n) is 3.00. The Labute approximate surface area is 158 Å². The van der Waals surface area contributed by atoms with Crippen LogP contribution in [0.5, 0.6) is 0 Å². The van der Waals surface area contributed by atoms with E-state index in [1.165, 1.54) is 0 Å². The van der Waals surface area contributed by atoms with Gasteiger partial charge in [-0.2, -0.15) is 0 Å². The van der Waals surface area contributed by atoms with Gasteiger partial charge in [-0.25, -0.2) is 14.8 Å². The highest BCUT2D eigenvalue weighted by Gasteiger charge is 2.23. The van der Waals surface area contributed by atoms with Gasteiger partial charge in [0.2, 0.25) is 0 Å². The molecule has 0 atom stereocenters. The molecule has 1 aromatic carbocycles. The lowest BCUT2D eigenvalue weighted by molar-refractivity contribution is 0.0336. The smallest absolute Gasteiger partial charge is 0.319 e. The number of carbonyl (C=O) groups excluding carboxylic acids is 1. The van der Waals surface area contributed by atoms with Crippen LogP contribution in [0.25, 0.3) is 11.4 Å². The first kappa shape index (κ1) is 17.7. The van der Waals surface area contributed by atoms with Crippen LogP contribution in [0.1, 0.15) is 18.5 Å². The fraction of sp³-hybridized carbons (Fsp3) is 0.421. The summed E-state index contributed by atoms with van der Waals surface area (Å²) in [4.78, 5) is 23.1. The molecule has 142 valence electrons. The van der Waals surface area contributed by atoms with Gasteiger partial charge >= 0.3 is 6.03 Å². The average molecular weight is 368 g/mol. The Morgan fingerprint density at radius 2 is 1.93 bits per heavy atom. The van der Waals surface area contributed by atoms with Gasteiger partial charge in [-0.1, -0.05) is 0 Å². The molecule has 1 saturated carbocycles. The van der Waals surface area contributed by atoms with Crippen molar-refractivity contribution in [3.63, 3.8) is 0 Å². The van der Waals surface area contributed by atoms with Crippen molar-refractivity contribution in [3.8, 4) is 11.4 Å². The lowest BCUT2D eigenvalue weighted by atomic mass is 10.2. The zero-order valence-electron chi connectivity index (χ0n) is 15.1. The third-order valence-corrected chi connectivity index (χ3v) is 4.60. The number of amides is 2. The summed E-state index contributed by atoms with van der Waals surface area (Å²) in [6.45, 7) is 4.00. The highest BCUT2D eigenvalue weighted by Crippen LogP contribution is 2.21. The number of hydrogen-bond acceptors (Lipinski definition) is 6. The number of aromatic nitrogens is 2. The predicted molar refractivity (Wildman–Crippen MR) is 103 cm³/mol. The van der Waals surface area contributed by atoms with Gasteiger partial charge in [0.05, 0.1) is 18.9 Å². The van der Waals surface area contributed by atoms with Crippen LogP contribution in [0.3, 0.4) is 0 Å². The largest absolute Gasteiger partial charge is 0.384 e. The summed E-state index contributed by atoms with van der Waals surface area (Å²) in [6.07, 6.45) is 2.12. The standard InChI is InChI=1S/C19H24N6O2/c20-17-11-16(12-25-7-9-27-10-8-25)21-18(24-17)13-1-3-14(4-2-13)22-19(26)23-15-5-6-15/h1-4,11,15H,5-10,12H2,(H2,20,21,24)(H2,22,23,26). The molecule has 8 heteroatoms. The first-order chi connectivity index (χ1) is 13.2. The molecule has 1 saturated heterocycles. The molecular formula is C19H24N6O2. The Morgan fingerprint density at radius 1 is 1.19 bits per heavy atom. The van der Waals surface area contributed by atoms with Crippen LogP contribution >= 0.6 is 0 Å². The van der Waals surface area contributed by atoms with Gasteiger partial charge in [0, 0.05) is 43.0 Å². The molecule has 0 unspecified atom stereocenters. The van der Waals surface area contributed by atoms with Crippen LogP contribution in [0.15, 0.2) is 30.3 Å². The molecule has 2 aromatic rings. The third kappa shape index (κ3) is 4.93. The minimum Gasteiger partial charge on any atom is -0.384 e. The van der Waals surface area contributed by atoms with Crippen LogP contribution in [-0.2, 0) is 11.3 Å². The van der Waals surface area contributed by atoms with Crippen LogP contribution in [0, 0.1) is 0 Å². The Kier molecular flexibility index (Phi) is 5.17. The number of hydrogen-bond donors (Lipinski definition) is 3. The second-order valence-electron chi connectivity index (χ2n) is 6.95. The van der Waals surface area contributed by atoms with Crippen LogP contribution < -0.4 is 16.4 Å². The van der Waals surface area contributed by atoms with E-state index < -0.39 is 0 Å². The molecule has 1 aliphatic carbocycles. The van der Waals surface area contributed by atoms with Crippen molar-refractivity contribution in [2.45, 2.75) is 25.4 Å². The first-order valence-corrected chi connectivity index (χ1v) is 9.27. The number of anilines is 2. The van der Waals surface area contributed by atoms with E-state index in [1.54, 1.807) is 0 Å². The molecule has 8 nitrogen and oxygen atoms in total. The maximum atomic E-state index is 11.8. The van der Waals surface area contributed by atoms with Gasteiger partial charge in [0.25, 0.3) is 0 Å². The quantitative estimate of drug-likeness (QED) is 0.744. The molecule has 0 bridgehead atoms. The molecular weight excluding hydrogens is 344 g/mol. The van der Waals surface area contributed by atoms with E-state index in [-0.39, 0.29) is 6.03 Å². The predicted octanol–water partition coefficient (Wildman–Crippen LogP) is 1.84. The number of nitrogen functional groups attached to an aromatic ring is 1. The summed E-state index contributed by atoms with van der Waals surface area (Å²) >= 11 is 0. The Balaban J connectivity index is 1.44. The maximum Gasteiger partial charge on any atom is 0.319 e. The number of benzene rings is 1. The molecule has 4 N–H and O–H groups in total. The van der Waals surface area contributed by atoms with Crippen LogP contribution in [-0.4, -0.2) is 53.2 Å². The molecule has 2 fully saturated rings.